The van der Waals surface area contributed by atoms with Crippen LogP contribution in [0.25, 0.3) is 0 Å². The summed E-state index contributed by atoms with van der Waals surface area (Å²) < 4.78 is 23.4. The first-order chi connectivity index (χ1) is 35.5. The molecule has 0 spiro atoms. The van der Waals surface area contributed by atoms with Crippen LogP contribution in [0.15, 0.2) is 48.6 Å². The van der Waals surface area contributed by atoms with E-state index < -0.39 is 20.0 Å². The highest BCUT2D eigenvalue weighted by Crippen LogP contribution is 2.38. The second kappa shape index (κ2) is 55.2. The van der Waals surface area contributed by atoms with Crippen molar-refractivity contribution >= 4 is 13.7 Å². The molecule has 430 valence electrons. The maximum absolute atomic E-state index is 13.0. The molecule has 0 fully saturated rings. The van der Waals surface area contributed by atoms with Crippen LogP contribution >= 0.6 is 7.82 Å². The first-order valence-electron chi connectivity index (χ1n) is 31.5. The molecule has 0 saturated carbocycles. The molecule has 3 atom stereocenters. The van der Waals surface area contributed by atoms with Gasteiger partial charge in [0.1, 0.15) is 13.2 Å². The van der Waals surface area contributed by atoms with Crippen molar-refractivity contribution in [3.8, 4) is 0 Å². The van der Waals surface area contributed by atoms with E-state index in [0.29, 0.717) is 23.9 Å². The topological polar surface area (TPSA) is 108 Å². The lowest BCUT2D eigenvalue weighted by Crippen LogP contribution is -2.46. The third-order valence-corrected chi connectivity index (χ3v) is 15.3. The largest absolute Gasteiger partial charge is 0.756 e. The Morgan fingerprint density at radius 2 is 0.836 bits per heavy atom. The number of hydrogen-bond acceptors (Lipinski definition) is 6. The van der Waals surface area contributed by atoms with Crippen molar-refractivity contribution in [2.75, 3.05) is 40.9 Å². The Morgan fingerprint density at radius 3 is 1.22 bits per heavy atom. The standard InChI is InChI=1S/C64H123N2O6P/c1-6-8-10-12-14-16-18-20-22-24-25-26-27-28-29-30-31-32-33-34-35-36-37-38-39-40-41-42-44-46-48-50-52-54-56-58-64(68)65-62(61-72-73(69,70)71-60-59-66(3,4)5)63(67)57-55-53-51-49-47-45-43-23-21-19-17-15-13-11-9-7-2/h8,10,14,16,20,22,25-26,62-63,67H,6-7,9,11-13,15,17-19,21,23-24,27-61H2,1-5H3,(H-,65,68,69,70)/b10-8-,16-14-,22-20-,26-25-. The second-order valence-electron chi connectivity index (χ2n) is 22.7. The van der Waals surface area contributed by atoms with E-state index in [1.807, 2.05) is 21.1 Å². The van der Waals surface area contributed by atoms with E-state index in [1.54, 1.807) is 0 Å². The molecule has 8 nitrogen and oxygen atoms in total. The molecule has 0 saturated heterocycles. The van der Waals surface area contributed by atoms with Crippen LogP contribution in [0.1, 0.15) is 303 Å². The van der Waals surface area contributed by atoms with Gasteiger partial charge in [-0.25, -0.2) is 0 Å². The van der Waals surface area contributed by atoms with Crippen LogP contribution in [0.5, 0.6) is 0 Å². The van der Waals surface area contributed by atoms with Gasteiger partial charge in [-0.3, -0.25) is 9.36 Å². The van der Waals surface area contributed by atoms with E-state index in [1.165, 1.54) is 212 Å². The molecule has 0 aliphatic rings. The number of likely N-dealkylation sites (N-methyl/N-ethyl adjacent to an activating group) is 1. The number of phosphoric acid groups is 1. The zero-order valence-electron chi connectivity index (χ0n) is 49.1. The van der Waals surface area contributed by atoms with E-state index >= 15 is 0 Å². The Bertz CT molecular complexity index is 1330. The fourth-order valence-electron chi connectivity index (χ4n) is 9.45. The maximum atomic E-state index is 13.0. The lowest BCUT2D eigenvalue weighted by atomic mass is 10.0. The number of hydrogen-bond donors (Lipinski definition) is 2. The first kappa shape index (κ1) is 71.5. The number of aliphatic hydroxyl groups is 1. The summed E-state index contributed by atoms with van der Waals surface area (Å²) >= 11 is 0. The fraction of sp³-hybridized carbons (Fsp3) is 0.859. The number of carbonyl (C=O) groups is 1. The third-order valence-electron chi connectivity index (χ3n) is 14.3. The number of amides is 1. The Labute approximate surface area is 454 Å². The van der Waals surface area contributed by atoms with Crippen molar-refractivity contribution in [2.24, 2.45) is 0 Å². The van der Waals surface area contributed by atoms with Gasteiger partial charge in [-0.1, -0.05) is 294 Å². The predicted octanol–water partition coefficient (Wildman–Crippen LogP) is 18.9. The summed E-state index contributed by atoms with van der Waals surface area (Å²) in [7, 11) is 1.32. The number of rotatable bonds is 58. The summed E-state index contributed by atoms with van der Waals surface area (Å²) in [5, 5.41) is 14.0. The molecule has 0 heterocycles. The van der Waals surface area contributed by atoms with Crippen molar-refractivity contribution in [3.63, 3.8) is 0 Å². The Balaban J connectivity index is 3.96. The number of nitrogens with one attached hydrogen (secondary N) is 1. The van der Waals surface area contributed by atoms with Crippen molar-refractivity contribution in [3.05, 3.63) is 48.6 Å². The Hall–Kier alpha value is -1.54. The molecule has 0 radical (unpaired) electrons. The first-order valence-corrected chi connectivity index (χ1v) is 32.9. The summed E-state index contributed by atoms with van der Waals surface area (Å²) in [4.78, 5) is 25.6. The molecule has 0 aromatic carbocycles. The molecule has 9 heteroatoms. The smallest absolute Gasteiger partial charge is 0.268 e. The van der Waals surface area contributed by atoms with Crippen LogP contribution in [0.2, 0.25) is 0 Å². The third kappa shape index (κ3) is 58.0. The molecule has 0 bridgehead atoms. The molecule has 0 aromatic rings. The highest BCUT2D eigenvalue weighted by molar-refractivity contribution is 7.45. The van der Waals surface area contributed by atoms with E-state index in [9.17, 15) is 19.4 Å². The van der Waals surface area contributed by atoms with Gasteiger partial charge >= 0.3 is 0 Å². The lowest BCUT2D eigenvalue weighted by Gasteiger charge is -2.30. The second-order valence-corrected chi connectivity index (χ2v) is 24.2. The number of phosphoric ester groups is 1. The molecule has 3 unspecified atom stereocenters. The molecule has 1 amide bonds. The van der Waals surface area contributed by atoms with Gasteiger partial charge in [-0.2, -0.15) is 0 Å². The van der Waals surface area contributed by atoms with E-state index in [2.05, 4.69) is 67.8 Å². The van der Waals surface area contributed by atoms with Crippen LogP contribution < -0.4 is 10.2 Å². The highest BCUT2D eigenvalue weighted by atomic mass is 31.2. The fourth-order valence-corrected chi connectivity index (χ4v) is 10.2. The normalized spacial score (nSPS) is 14.1. The van der Waals surface area contributed by atoms with Gasteiger partial charge in [0, 0.05) is 6.42 Å². The number of allylic oxidation sites excluding steroid dienone is 8. The summed E-state index contributed by atoms with van der Waals surface area (Å²) in [5.41, 5.74) is 0. The molecule has 73 heavy (non-hydrogen) atoms. The molecular weight excluding hydrogens is 924 g/mol. The Kier molecular flexibility index (Phi) is 54.1. The van der Waals surface area contributed by atoms with Crippen LogP contribution in [0.4, 0.5) is 0 Å². The van der Waals surface area contributed by atoms with Gasteiger partial charge in [0.2, 0.25) is 5.91 Å². The molecule has 0 rings (SSSR count). The molecule has 0 aliphatic carbocycles. The quantitative estimate of drug-likeness (QED) is 0.0272. The number of nitrogens with zero attached hydrogens (tertiary/aromatic N) is 1. The summed E-state index contributed by atoms with van der Waals surface area (Å²) in [6.45, 7) is 4.64. The van der Waals surface area contributed by atoms with Gasteiger partial charge < -0.3 is 28.8 Å². The Morgan fingerprint density at radius 1 is 0.493 bits per heavy atom. The van der Waals surface area contributed by atoms with Crippen molar-refractivity contribution < 1.29 is 32.9 Å². The monoisotopic (exact) mass is 1050 g/mol. The minimum Gasteiger partial charge on any atom is -0.756 e. The van der Waals surface area contributed by atoms with Crippen molar-refractivity contribution in [1.29, 1.82) is 0 Å². The van der Waals surface area contributed by atoms with Crippen LogP contribution in [-0.2, 0) is 18.4 Å². The van der Waals surface area contributed by atoms with Crippen LogP contribution in [0.3, 0.4) is 0 Å². The van der Waals surface area contributed by atoms with E-state index in [4.69, 9.17) is 9.05 Å². The molecule has 0 aromatic heterocycles. The van der Waals surface area contributed by atoms with Gasteiger partial charge in [0.15, 0.2) is 0 Å². The number of quaternary nitrogens is 1. The van der Waals surface area contributed by atoms with Crippen LogP contribution in [-0.4, -0.2) is 68.5 Å². The number of carbonyl (C=O) groups excluding carboxylic acids is 1. The predicted molar refractivity (Wildman–Crippen MR) is 316 cm³/mol. The van der Waals surface area contributed by atoms with Crippen LogP contribution in [0, 0.1) is 0 Å². The number of unbranched alkanes of at least 4 members (excludes halogenated alkanes) is 37. The minimum atomic E-state index is -4.57. The minimum absolute atomic E-state index is 0.0138. The summed E-state index contributed by atoms with van der Waals surface area (Å²) in [5.74, 6) is -0.160. The SMILES string of the molecule is CC/C=C\C/C=C\C/C=C\C/C=C\CCCCCCCCCCCCCCCCCCCCCCCCC(=O)NC(COP(=O)([O-])OCC[N+](C)(C)C)C(O)CCCCCCCCCCCCCCCCCC. The zero-order valence-corrected chi connectivity index (χ0v) is 50.0. The van der Waals surface area contributed by atoms with E-state index in [-0.39, 0.29) is 19.1 Å². The van der Waals surface area contributed by atoms with Crippen molar-refractivity contribution in [2.45, 2.75) is 315 Å². The van der Waals surface area contributed by atoms with Crippen molar-refractivity contribution in [1.82, 2.24) is 5.32 Å². The van der Waals surface area contributed by atoms with Gasteiger partial charge in [0.05, 0.1) is 39.9 Å². The van der Waals surface area contributed by atoms with E-state index in [0.717, 1.165) is 64.2 Å². The average Bonchev–Trinajstić information content (AvgIpc) is 3.35. The van der Waals surface area contributed by atoms with Gasteiger partial charge in [0.25, 0.3) is 7.82 Å². The van der Waals surface area contributed by atoms with Gasteiger partial charge in [-0.05, 0) is 51.4 Å². The zero-order chi connectivity index (χ0) is 53.5. The molecule has 2 N–H and O–H groups in total. The lowest BCUT2D eigenvalue weighted by molar-refractivity contribution is -0.870. The average molecular weight is 1050 g/mol. The highest BCUT2D eigenvalue weighted by Gasteiger charge is 2.24. The molecule has 0 aliphatic heterocycles. The summed E-state index contributed by atoms with van der Waals surface area (Å²) in [6.07, 6.45) is 73.1. The maximum Gasteiger partial charge on any atom is 0.268 e. The summed E-state index contributed by atoms with van der Waals surface area (Å²) in [6, 6.07) is -0.799. The molecular formula is C64H123N2O6P. The number of aliphatic hydroxyl groups excluding tert-OH is 1. The van der Waals surface area contributed by atoms with Gasteiger partial charge in [-0.15, -0.1) is 0 Å².